The molecule has 1 fully saturated rings. The topological polar surface area (TPSA) is 57.2 Å². The Bertz CT molecular complexity index is 1240. The molecule has 3 heterocycles. The lowest BCUT2D eigenvalue weighted by Gasteiger charge is -2.38. The van der Waals surface area contributed by atoms with Gasteiger partial charge in [-0.15, -0.1) is 0 Å². The number of nitrogens with one attached hydrogen (secondary N) is 1. The van der Waals surface area contributed by atoms with E-state index in [1.54, 1.807) is 6.20 Å². The molecule has 1 amide bonds. The summed E-state index contributed by atoms with van der Waals surface area (Å²) in [6, 6.07) is 21.6. The molecule has 2 aromatic carbocycles. The van der Waals surface area contributed by atoms with Gasteiger partial charge in [0.2, 0.25) is 5.91 Å². The maximum absolute atomic E-state index is 13.8. The molecule has 1 aliphatic heterocycles. The summed E-state index contributed by atoms with van der Waals surface area (Å²) in [4.78, 5) is 18.1. The van der Waals surface area contributed by atoms with Gasteiger partial charge in [-0.05, 0) is 23.8 Å². The zero-order valence-corrected chi connectivity index (χ0v) is 17.8. The normalized spacial score (nSPS) is 15.2. The van der Waals surface area contributed by atoms with Crippen molar-refractivity contribution in [2.24, 2.45) is 0 Å². The van der Waals surface area contributed by atoms with Crippen LogP contribution in [0.5, 0.6) is 0 Å². The molecule has 0 saturated carbocycles. The first-order chi connectivity index (χ1) is 15.2. The summed E-state index contributed by atoms with van der Waals surface area (Å²) in [5.74, 6) is 0.0675. The molecule has 156 valence electrons. The Morgan fingerprint density at radius 3 is 2.32 bits per heavy atom. The standard InChI is InChI=1S/C24H23N5OS/c30-23(28-15-13-27(14-16-28)19-9-5-2-6-10-19)22(18-7-3-1-4-8-18)29-12-11-21-20(24(29)31)17-25-26-21/h1-12,17,22H,13-16H2,(H,25,26). The number of amides is 1. The predicted octanol–water partition coefficient (Wildman–Crippen LogP) is 4.03. The van der Waals surface area contributed by atoms with Crippen molar-refractivity contribution >= 4 is 34.7 Å². The minimum absolute atomic E-state index is 0.0675. The van der Waals surface area contributed by atoms with Crippen LogP contribution in [-0.2, 0) is 4.79 Å². The second kappa shape index (κ2) is 8.35. The van der Waals surface area contributed by atoms with Gasteiger partial charge in [-0.2, -0.15) is 5.10 Å². The Morgan fingerprint density at radius 1 is 0.935 bits per heavy atom. The Kier molecular flexibility index (Phi) is 5.26. The third-order valence-electron chi connectivity index (χ3n) is 5.88. The summed E-state index contributed by atoms with van der Waals surface area (Å²) >= 11 is 5.75. The fourth-order valence-corrected chi connectivity index (χ4v) is 4.54. The van der Waals surface area contributed by atoms with Gasteiger partial charge < -0.3 is 14.4 Å². The van der Waals surface area contributed by atoms with E-state index in [-0.39, 0.29) is 5.91 Å². The smallest absolute Gasteiger partial charge is 0.250 e. The number of nitrogens with zero attached hydrogens (tertiary/aromatic N) is 4. The molecule has 31 heavy (non-hydrogen) atoms. The third-order valence-corrected chi connectivity index (χ3v) is 6.31. The van der Waals surface area contributed by atoms with Crippen molar-refractivity contribution in [1.29, 1.82) is 0 Å². The van der Waals surface area contributed by atoms with Crippen molar-refractivity contribution < 1.29 is 4.79 Å². The van der Waals surface area contributed by atoms with E-state index in [4.69, 9.17) is 12.2 Å². The number of fused-ring (bicyclic) bond motifs is 1. The van der Waals surface area contributed by atoms with Crippen molar-refractivity contribution in [3.05, 3.63) is 89.3 Å². The molecular formula is C24H23N5OS. The fraction of sp³-hybridized carbons (Fsp3) is 0.208. The molecule has 0 radical (unpaired) electrons. The van der Waals surface area contributed by atoms with Crippen molar-refractivity contribution in [2.45, 2.75) is 6.04 Å². The SMILES string of the molecule is O=C(C(c1ccccc1)n1ccc2[nH]ncc2c1=S)N1CCN(c2ccccc2)CC1. The van der Waals surface area contributed by atoms with Gasteiger partial charge in [0.15, 0.2) is 0 Å². The van der Waals surface area contributed by atoms with Crippen LogP contribution in [0.1, 0.15) is 11.6 Å². The summed E-state index contributed by atoms with van der Waals surface area (Å²) in [5, 5.41) is 7.90. The number of aromatic nitrogens is 3. The van der Waals surface area contributed by atoms with Crippen molar-refractivity contribution in [3.63, 3.8) is 0 Å². The summed E-state index contributed by atoms with van der Waals surface area (Å²) in [5.41, 5.74) is 3.00. The molecule has 0 bridgehead atoms. The molecule has 1 saturated heterocycles. The number of piperazine rings is 1. The van der Waals surface area contributed by atoms with Crippen molar-refractivity contribution in [2.75, 3.05) is 31.1 Å². The average molecular weight is 430 g/mol. The van der Waals surface area contributed by atoms with Crippen LogP contribution in [0.15, 0.2) is 79.1 Å². The van der Waals surface area contributed by atoms with Crippen LogP contribution in [0.4, 0.5) is 5.69 Å². The van der Waals surface area contributed by atoms with Crippen LogP contribution in [0.2, 0.25) is 0 Å². The molecular weight excluding hydrogens is 406 g/mol. The zero-order chi connectivity index (χ0) is 21.2. The number of hydrogen-bond acceptors (Lipinski definition) is 4. The number of carbonyl (C=O) groups is 1. The third kappa shape index (κ3) is 3.72. The number of aromatic amines is 1. The van der Waals surface area contributed by atoms with Gasteiger partial charge >= 0.3 is 0 Å². The molecule has 1 atom stereocenters. The van der Waals surface area contributed by atoms with Gasteiger partial charge in [0.25, 0.3) is 0 Å². The molecule has 1 N–H and O–H groups in total. The first-order valence-electron chi connectivity index (χ1n) is 10.4. The summed E-state index contributed by atoms with van der Waals surface area (Å²) in [6.45, 7) is 2.98. The molecule has 1 unspecified atom stereocenters. The molecule has 1 aliphatic rings. The quantitative estimate of drug-likeness (QED) is 0.498. The number of hydrogen-bond donors (Lipinski definition) is 1. The van der Waals surface area contributed by atoms with E-state index in [0.29, 0.717) is 17.7 Å². The lowest BCUT2D eigenvalue weighted by molar-refractivity contribution is -0.133. The molecule has 4 aromatic rings. The van der Waals surface area contributed by atoms with Crippen LogP contribution in [0.3, 0.4) is 0 Å². The van der Waals surface area contributed by atoms with E-state index in [2.05, 4.69) is 27.2 Å². The number of anilines is 1. The van der Waals surface area contributed by atoms with Crippen LogP contribution in [0.25, 0.3) is 10.9 Å². The van der Waals surface area contributed by atoms with E-state index >= 15 is 0 Å². The van der Waals surface area contributed by atoms with Gasteiger partial charge in [0.1, 0.15) is 10.7 Å². The number of rotatable bonds is 4. The van der Waals surface area contributed by atoms with Gasteiger partial charge in [0.05, 0.1) is 17.1 Å². The Hall–Kier alpha value is -3.45. The summed E-state index contributed by atoms with van der Waals surface area (Å²) < 4.78 is 2.50. The van der Waals surface area contributed by atoms with Crippen LogP contribution < -0.4 is 4.90 Å². The van der Waals surface area contributed by atoms with Crippen LogP contribution in [-0.4, -0.2) is 51.8 Å². The maximum atomic E-state index is 13.8. The summed E-state index contributed by atoms with van der Waals surface area (Å²) in [7, 11) is 0. The molecule has 0 spiro atoms. The van der Waals surface area contributed by atoms with E-state index in [0.717, 1.165) is 29.6 Å². The predicted molar refractivity (Wildman–Crippen MR) is 125 cm³/mol. The number of carbonyl (C=O) groups excluding carboxylic acids is 1. The van der Waals surface area contributed by atoms with Gasteiger partial charge in [-0.1, -0.05) is 60.7 Å². The number of H-pyrrole nitrogens is 1. The maximum Gasteiger partial charge on any atom is 0.250 e. The van der Waals surface area contributed by atoms with Crippen LogP contribution in [0, 0.1) is 4.64 Å². The zero-order valence-electron chi connectivity index (χ0n) is 17.0. The van der Waals surface area contributed by atoms with Gasteiger partial charge in [-0.3, -0.25) is 9.89 Å². The van der Waals surface area contributed by atoms with Crippen LogP contribution >= 0.6 is 12.2 Å². The molecule has 2 aromatic heterocycles. The van der Waals surface area contributed by atoms with Gasteiger partial charge in [0, 0.05) is 38.1 Å². The minimum atomic E-state index is -0.503. The van der Waals surface area contributed by atoms with Crippen molar-refractivity contribution in [1.82, 2.24) is 19.7 Å². The highest BCUT2D eigenvalue weighted by molar-refractivity contribution is 7.71. The molecule has 0 aliphatic carbocycles. The molecule has 5 rings (SSSR count). The van der Waals surface area contributed by atoms with E-state index in [1.807, 2.05) is 70.3 Å². The lowest BCUT2D eigenvalue weighted by atomic mass is 10.0. The van der Waals surface area contributed by atoms with E-state index in [1.165, 1.54) is 5.69 Å². The Labute approximate surface area is 185 Å². The minimum Gasteiger partial charge on any atom is -0.368 e. The Morgan fingerprint density at radius 2 is 1.61 bits per heavy atom. The lowest BCUT2D eigenvalue weighted by Crippen LogP contribution is -2.50. The number of benzene rings is 2. The summed E-state index contributed by atoms with van der Waals surface area (Å²) in [6.07, 6.45) is 3.61. The Balaban J connectivity index is 1.45. The largest absolute Gasteiger partial charge is 0.368 e. The number of pyridine rings is 1. The van der Waals surface area contributed by atoms with Gasteiger partial charge in [-0.25, -0.2) is 0 Å². The monoisotopic (exact) mass is 429 g/mol. The van der Waals surface area contributed by atoms with E-state index < -0.39 is 6.04 Å². The highest BCUT2D eigenvalue weighted by Crippen LogP contribution is 2.26. The first-order valence-corrected chi connectivity index (χ1v) is 10.8. The highest BCUT2D eigenvalue weighted by Gasteiger charge is 2.30. The molecule has 7 heteroatoms. The fourth-order valence-electron chi connectivity index (χ4n) is 4.21. The number of para-hydroxylation sites is 1. The molecule has 6 nitrogen and oxygen atoms in total. The first kappa shape index (κ1) is 19.5. The average Bonchev–Trinajstić information content (AvgIpc) is 3.32. The van der Waals surface area contributed by atoms with Crippen molar-refractivity contribution in [3.8, 4) is 0 Å². The highest BCUT2D eigenvalue weighted by atomic mass is 32.1. The second-order valence-electron chi connectivity index (χ2n) is 7.69. The second-order valence-corrected chi connectivity index (χ2v) is 8.07. The van der Waals surface area contributed by atoms with E-state index in [9.17, 15) is 4.79 Å².